The Hall–Kier alpha value is -1.82. The lowest BCUT2D eigenvalue weighted by Crippen LogP contribution is -2.17. The minimum atomic E-state index is -3.68. The predicted molar refractivity (Wildman–Crippen MR) is 77.4 cm³/mol. The van der Waals surface area contributed by atoms with Gasteiger partial charge in [-0.2, -0.15) is 0 Å². The van der Waals surface area contributed by atoms with Crippen molar-refractivity contribution in [1.82, 2.24) is 5.16 Å². The molecule has 1 aromatic heterocycles. The van der Waals surface area contributed by atoms with Crippen LogP contribution < -0.4 is 4.72 Å². The van der Waals surface area contributed by atoms with Gasteiger partial charge in [-0.25, -0.2) is 8.42 Å². The Balaban J connectivity index is 2.63. The number of nitrogens with zero attached hydrogens (tertiary/aromatic N) is 1. The van der Waals surface area contributed by atoms with Gasteiger partial charge in [-0.05, 0) is 62.4 Å². The summed E-state index contributed by atoms with van der Waals surface area (Å²) in [7, 11) is -3.68. The molecule has 108 valence electrons. The Labute approximate surface area is 119 Å². The zero-order valence-corrected chi connectivity index (χ0v) is 13.1. The van der Waals surface area contributed by atoms with Gasteiger partial charge in [0.2, 0.25) is 0 Å². The molecule has 0 aliphatic carbocycles. The fraction of sp³-hybridized carbons (Fsp3) is 0.357. The summed E-state index contributed by atoms with van der Waals surface area (Å²) in [5.41, 5.74) is 4.64. The van der Waals surface area contributed by atoms with Gasteiger partial charge >= 0.3 is 0 Å². The van der Waals surface area contributed by atoms with E-state index < -0.39 is 10.0 Å². The highest BCUT2D eigenvalue weighted by molar-refractivity contribution is 7.92. The molecule has 20 heavy (non-hydrogen) atoms. The monoisotopic (exact) mass is 294 g/mol. The Morgan fingerprint density at radius 3 is 1.90 bits per heavy atom. The smallest absolute Gasteiger partial charge is 0.263 e. The maximum atomic E-state index is 12.6. The Morgan fingerprint density at radius 2 is 1.45 bits per heavy atom. The Kier molecular flexibility index (Phi) is 3.60. The summed E-state index contributed by atoms with van der Waals surface area (Å²) < 4.78 is 32.2. The third kappa shape index (κ3) is 2.31. The minimum absolute atomic E-state index is 0.180. The third-order valence-electron chi connectivity index (χ3n) is 3.88. The summed E-state index contributed by atoms with van der Waals surface area (Å²) in [5, 5.41) is 3.58. The summed E-state index contributed by atoms with van der Waals surface area (Å²) in [6.45, 7) is 9.53. The second kappa shape index (κ2) is 4.94. The van der Waals surface area contributed by atoms with Crippen LogP contribution in [0, 0.1) is 34.6 Å². The van der Waals surface area contributed by atoms with Crippen LogP contribution in [0.25, 0.3) is 0 Å². The highest BCUT2D eigenvalue weighted by Crippen LogP contribution is 2.30. The molecule has 0 aliphatic heterocycles. The molecule has 0 saturated heterocycles. The van der Waals surface area contributed by atoms with Crippen LogP contribution in [-0.4, -0.2) is 13.6 Å². The minimum Gasteiger partial charge on any atom is -0.363 e. The molecule has 2 rings (SSSR count). The van der Waals surface area contributed by atoms with Crippen LogP contribution in [0.4, 0.5) is 5.82 Å². The summed E-state index contributed by atoms with van der Waals surface area (Å²) in [6.07, 6.45) is 1.32. The number of hydrogen-bond acceptors (Lipinski definition) is 4. The van der Waals surface area contributed by atoms with Crippen molar-refractivity contribution in [1.29, 1.82) is 0 Å². The molecule has 1 heterocycles. The number of aromatic nitrogens is 1. The molecule has 1 aromatic carbocycles. The van der Waals surface area contributed by atoms with Crippen molar-refractivity contribution in [2.45, 2.75) is 39.5 Å². The molecule has 2 aromatic rings. The lowest BCUT2D eigenvalue weighted by molar-refractivity contribution is 0.423. The lowest BCUT2D eigenvalue weighted by Gasteiger charge is -2.18. The number of rotatable bonds is 3. The number of nitrogens with one attached hydrogen (secondary N) is 1. The van der Waals surface area contributed by atoms with E-state index in [1.54, 1.807) is 0 Å². The zero-order valence-electron chi connectivity index (χ0n) is 12.2. The van der Waals surface area contributed by atoms with Crippen molar-refractivity contribution in [2.24, 2.45) is 0 Å². The normalized spacial score (nSPS) is 11.7. The van der Waals surface area contributed by atoms with E-state index in [9.17, 15) is 8.42 Å². The maximum Gasteiger partial charge on any atom is 0.263 e. The first kappa shape index (κ1) is 14.6. The second-order valence-corrected chi connectivity index (χ2v) is 6.56. The van der Waals surface area contributed by atoms with Crippen LogP contribution in [-0.2, 0) is 10.0 Å². The van der Waals surface area contributed by atoms with E-state index in [-0.39, 0.29) is 5.82 Å². The maximum absolute atomic E-state index is 12.6. The third-order valence-corrected chi connectivity index (χ3v) is 5.50. The highest BCUT2D eigenvalue weighted by atomic mass is 32.2. The van der Waals surface area contributed by atoms with Gasteiger partial charge in [-0.1, -0.05) is 5.16 Å². The van der Waals surface area contributed by atoms with Gasteiger partial charge in [0.15, 0.2) is 5.82 Å². The molecular weight excluding hydrogens is 276 g/mol. The van der Waals surface area contributed by atoms with Gasteiger partial charge in [-0.3, -0.25) is 4.72 Å². The summed E-state index contributed by atoms with van der Waals surface area (Å²) >= 11 is 0. The van der Waals surface area contributed by atoms with Crippen molar-refractivity contribution >= 4 is 15.8 Å². The van der Waals surface area contributed by atoms with Crippen LogP contribution in [0.3, 0.4) is 0 Å². The topological polar surface area (TPSA) is 72.2 Å². The number of benzene rings is 1. The number of sulfonamides is 1. The molecule has 0 amide bonds. The largest absolute Gasteiger partial charge is 0.363 e. The standard InChI is InChI=1S/C14H18N2O3S/c1-8-9(2)11(4)14(12(5)10(8)3)20(17,18)16-13-6-7-19-15-13/h6-7H,1-5H3,(H,15,16). The highest BCUT2D eigenvalue weighted by Gasteiger charge is 2.24. The summed E-state index contributed by atoms with van der Waals surface area (Å²) in [6, 6.07) is 1.47. The molecule has 0 unspecified atom stereocenters. The van der Waals surface area contributed by atoms with Crippen LogP contribution in [0.1, 0.15) is 27.8 Å². The molecule has 0 bridgehead atoms. The van der Waals surface area contributed by atoms with Gasteiger partial charge in [0.25, 0.3) is 10.0 Å². The Bertz CT molecular complexity index is 718. The van der Waals surface area contributed by atoms with Crippen LogP contribution in [0.5, 0.6) is 0 Å². The van der Waals surface area contributed by atoms with Crippen LogP contribution >= 0.6 is 0 Å². The molecule has 0 radical (unpaired) electrons. The quantitative estimate of drug-likeness (QED) is 0.944. The van der Waals surface area contributed by atoms with E-state index in [4.69, 9.17) is 0 Å². The molecule has 0 aliphatic rings. The first-order chi connectivity index (χ1) is 9.25. The first-order valence-corrected chi connectivity index (χ1v) is 7.74. The molecule has 1 N–H and O–H groups in total. The molecule has 0 spiro atoms. The fourth-order valence-corrected chi connectivity index (χ4v) is 3.92. The van der Waals surface area contributed by atoms with E-state index in [1.807, 2.05) is 34.6 Å². The van der Waals surface area contributed by atoms with Crippen molar-refractivity contribution in [2.75, 3.05) is 4.72 Å². The summed E-state index contributed by atoms with van der Waals surface area (Å²) in [4.78, 5) is 0.320. The second-order valence-electron chi connectivity index (χ2n) is 4.94. The number of hydrogen-bond donors (Lipinski definition) is 1. The average Bonchev–Trinajstić information content (AvgIpc) is 2.86. The zero-order chi connectivity index (χ0) is 15.1. The van der Waals surface area contributed by atoms with Crippen molar-refractivity contribution in [3.05, 3.63) is 40.1 Å². The molecule has 0 atom stereocenters. The van der Waals surface area contributed by atoms with E-state index in [1.165, 1.54) is 12.3 Å². The lowest BCUT2D eigenvalue weighted by atomic mass is 9.95. The van der Waals surface area contributed by atoms with Crippen LogP contribution in [0.15, 0.2) is 21.7 Å². The van der Waals surface area contributed by atoms with E-state index in [2.05, 4.69) is 14.4 Å². The van der Waals surface area contributed by atoms with Crippen molar-refractivity contribution in [3.8, 4) is 0 Å². The van der Waals surface area contributed by atoms with Crippen molar-refractivity contribution < 1.29 is 12.9 Å². The number of anilines is 1. The van der Waals surface area contributed by atoms with E-state index >= 15 is 0 Å². The first-order valence-electron chi connectivity index (χ1n) is 6.26. The van der Waals surface area contributed by atoms with Gasteiger partial charge in [0.05, 0.1) is 4.90 Å². The molecule has 0 saturated carbocycles. The Morgan fingerprint density at radius 1 is 0.950 bits per heavy atom. The van der Waals surface area contributed by atoms with Gasteiger partial charge < -0.3 is 4.52 Å². The van der Waals surface area contributed by atoms with Crippen molar-refractivity contribution in [3.63, 3.8) is 0 Å². The average molecular weight is 294 g/mol. The SMILES string of the molecule is Cc1c(C)c(C)c(S(=O)(=O)Nc2ccon2)c(C)c1C. The van der Waals surface area contributed by atoms with Gasteiger partial charge in [0.1, 0.15) is 6.26 Å². The molecule has 0 fully saturated rings. The van der Waals surface area contributed by atoms with Crippen LogP contribution in [0.2, 0.25) is 0 Å². The molecule has 6 heteroatoms. The van der Waals surface area contributed by atoms with E-state index in [0.29, 0.717) is 4.90 Å². The molecular formula is C14H18N2O3S. The van der Waals surface area contributed by atoms with Gasteiger partial charge in [-0.15, -0.1) is 0 Å². The summed E-state index contributed by atoms with van der Waals surface area (Å²) in [5.74, 6) is 0.180. The predicted octanol–water partition coefficient (Wildman–Crippen LogP) is 3.02. The van der Waals surface area contributed by atoms with Gasteiger partial charge in [0, 0.05) is 6.07 Å². The van der Waals surface area contributed by atoms with E-state index in [0.717, 1.165) is 27.8 Å². The fourth-order valence-electron chi connectivity index (χ4n) is 2.32. The molecule has 5 nitrogen and oxygen atoms in total.